The Morgan fingerprint density at radius 2 is 1.94 bits per heavy atom. The van der Waals surface area contributed by atoms with Gasteiger partial charge in [-0.3, -0.25) is 0 Å². The van der Waals surface area contributed by atoms with Crippen molar-refractivity contribution in [2.45, 2.75) is 33.6 Å². The second-order valence-corrected chi connectivity index (χ2v) is 7.48. The molecule has 0 heterocycles. The van der Waals surface area contributed by atoms with Gasteiger partial charge in [0.2, 0.25) is 10.0 Å². The zero-order chi connectivity index (χ0) is 13.7. The fourth-order valence-corrected chi connectivity index (χ4v) is 2.60. The van der Waals surface area contributed by atoms with Gasteiger partial charge in [-0.05, 0) is 11.8 Å². The molecule has 0 saturated carbocycles. The highest BCUT2D eigenvalue weighted by Crippen LogP contribution is 2.20. The Hall–Kier alpha value is -0.820. The van der Waals surface area contributed by atoms with Crippen molar-refractivity contribution in [1.82, 2.24) is 4.31 Å². The molecule has 3 N–H and O–H groups in total. The smallest absolute Gasteiger partial charge is 0.213 e. The highest BCUT2D eigenvalue weighted by Gasteiger charge is 2.21. The van der Waals surface area contributed by atoms with Gasteiger partial charge in [-0.25, -0.2) is 12.7 Å². The van der Waals surface area contributed by atoms with E-state index in [-0.39, 0.29) is 30.0 Å². The van der Waals surface area contributed by atoms with Crippen molar-refractivity contribution < 1.29 is 13.6 Å². The number of hydrogen-bond acceptors (Lipinski definition) is 4. The quantitative estimate of drug-likeness (QED) is 0.321. The van der Waals surface area contributed by atoms with Crippen LogP contribution in [-0.4, -0.2) is 43.1 Å². The molecule has 6 nitrogen and oxygen atoms in total. The third-order valence-electron chi connectivity index (χ3n) is 2.40. The molecule has 0 aliphatic rings. The molecule has 0 aliphatic carbocycles. The summed E-state index contributed by atoms with van der Waals surface area (Å²) >= 11 is 0. The van der Waals surface area contributed by atoms with E-state index in [9.17, 15) is 8.42 Å². The monoisotopic (exact) mass is 265 g/mol. The van der Waals surface area contributed by atoms with Crippen LogP contribution in [0, 0.1) is 5.41 Å². The lowest BCUT2D eigenvalue weighted by Gasteiger charge is -2.21. The maximum absolute atomic E-state index is 11.9. The summed E-state index contributed by atoms with van der Waals surface area (Å²) in [5.74, 6) is 0.145. The third-order valence-corrected chi connectivity index (χ3v) is 4.25. The fourth-order valence-electron chi connectivity index (χ4n) is 1.05. The van der Waals surface area contributed by atoms with Crippen LogP contribution >= 0.6 is 0 Å². The van der Waals surface area contributed by atoms with Crippen molar-refractivity contribution >= 4 is 15.9 Å². The normalized spacial score (nSPS) is 14.3. The second kappa shape index (κ2) is 6.20. The number of sulfonamides is 1. The molecule has 7 heteroatoms. The van der Waals surface area contributed by atoms with Gasteiger partial charge < -0.3 is 10.9 Å². The Labute approximate surface area is 104 Å². The van der Waals surface area contributed by atoms with Gasteiger partial charge in [-0.1, -0.05) is 25.9 Å². The minimum absolute atomic E-state index is 0.0144. The van der Waals surface area contributed by atoms with Crippen LogP contribution in [0.2, 0.25) is 0 Å². The highest BCUT2D eigenvalue weighted by molar-refractivity contribution is 7.89. The Kier molecular flexibility index (Phi) is 5.91. The largest absolute Gasteiger partial charge is 0.409 e. The summed E-state index contributed by atoms with van der Waals surface area (Å²) in [7, 11) is -1.75. The van der Waals surface area contributed by atoms with Crippen molar-refractivity contribution in [1.29, 1.82) is 0 Å². The lowest BCUT2D eigenvalue weighted by Crippen LogP contribution is -2.33. The number of nitrogens with two attached hydrogens (primary N) is 1. The summed E-state index contributed by atoms with van der Waals surface area (Å²) in [6.45, 7) is 6.22. The number of amidine groups is 1. The minimum atomic E-state index is -3.26. The van der Waals surface area contributed by atoms with E-state index in [1.807, 2.05) is 20.8 Å². The van der Waals surface area contributed by atoms with E-state index in [1.54, 1.807) is 0 Å². The molecule has 0 atom stereocenters. The summed E-state index contributed by atoms with van der Waals surface area (Å²) in [4.78, 5) is 0. The van der Waals surface area contributed by atoms with Gasteiger partial charge in [0.05, 0.1) is 5.75 Å². The summed E-state index contributed by atoms with van der Waals surface area (Å²) in [5, 5.41) is 11.2. The summed E-state index contributed by atoms with van der Waals surface area (Å²) < 4.78 is 25.0. The van der Waals surface area contributed by atoms with Gasteiger partial charge in [0, 0.05) is 20.0 Å². The van der Waals surface area contributed by atoms with E-state index in [2.05, 4.69) is 5.16 Å². The molecule has 17 heavy (non-hydrogen) atoms. The predicted molar refractivity (Wildman–Crippen MR) is 68.5 cm³/mol. The summed E-state index contributed by atoms with van der Waals surface area (Å²) in [6, 6.07) is 0. The van der Waals surface area contributed by atoms with Crippen LogP contribution in [0.4, 0.5) is 0 Å². The van der Waals surface area contributed by atoms with Crippen molar-refractivity contribution in [2.24, 2.45) is 16.3 Å². The molecule has 102 valence electrons. The van der Waals surface area contributed by atoms with Gasteiger partial charge in [0.25, 0.3) is 0 Å². The average molecular weight is 265 g/mol. The molecule has 0 rings (SSSR count). The Balaban J connectivity index is 4.31. The molecule has 0 spiro atoms. The van der Waals surface area contributed by atoms with E-state index >= 15 is 0 Å². The topological polar surface area (TPSA) is 96.0 Å². The summed E-state index contributed by atoms with van der Waals surface area (Å²) in [6.07, 6.45) is 0.824. The first-order chi connectivity index (χ1) is 7.58. The van der Waals surface area contributed by atoms with Crippen LogP contribution in [0.3, 0.4) is 0 Å². The molecule has 0 saturated heterocycles. The number of hydrogen-bond donors (Lipinski definition) is 2. The van der Waals surface area contributed by atoms with E-state index in [0.29, 0.717) is 6.42 Å². The van der Waals surface area contributed by atoms with E-state index in [1.165, 1.54) is 11.4 Å². The molecule has 0 radical (unpaired) electrons. The van der Waals surface area contributed by atoms with Crippen molar-refractivity contribution in [3.05, 3.63) is 0 Å². The fraction of sp³-hybridized carbons (Fsp3) is 0.900. The van der Waals surface area contributed by atoms with Crippen molar-refractivity contribution in [3.8, 4) is 0 Å². The third kappa shape index (κ3) is 7.17. The highest BCUT2D eigenvalue weighted by atomic mass is 32.2. The van der Waals surface area contributed by atoms with E-state index in [0.717, 1.165) is 0 Å². The molecule has 0 aromatic rings. The van der Waals surface area contributed by atoms with Crippen molar-refractivity contribution in [2.75, 3.05) is 19.3 Å². The first kappa shape index (κ1) is 16.2. The lowest BCUT2D eigenvalue weighted by molar-refractivity contribution is 0.316. The predicted octanol–water partition coefficient (Wildman–Crippen LogP) is 0.821. The molecule has 0 aromatic heterocycles. The Bertz CT molecular complexity index is 357. The zero-order valence-corrected chi connectivity index (χ0v) is 11.8. The molecule has 0 unspecified atom stereocenters. The van der Waals surface area contributed by atoms with Gasteiger partial charge in [-0.2, -0.15) is 0 Å². The van der Waals surface area contributed by atoms with Gasteiger partial charge in [0.15, 0.2) is 0 Å². The molecular weight excluding hydrogens is 242 g/mol. The molecule has 0 amide bonds. The lowest BCUT2D eigenvalue weighted by atomic mass is 9.94. The first-order valence-electron chi connectivity index (χ1n) is 5.49. The van der Waals surface area contributed by atoms with Crippen LogP contribution in [0.5, 0.6) is 0 Å². The minimum Gasteiger partial charge on any atom is -0.409 e. The molecule has 0 bridgehead atoms. The molecule has 0 fully saturated rings. The van der Waals surface area contributed by atoms with E-state index < -0.39 is 10.0 Å². The van der Waals surface area contributed by atoms with Gasteiger partial charge in [-0.15, -0.1) is 0 Å². The maximum Gasteiger partial charge on any atom is 0.213 e. The van der Waals surface area contributed by atoms with Crippen LogP contribution < -0.4 is 5.73 Å². The van der Waals surface area contributed by atoms with Crippen LogP contribution in [-0.2, 0) is 10.0 Å². The van der Waals surface area contributed by atoms with Gasteiger partial charge >= 0.3 is 0 Å². The molecular formula is C10H23N3O3S. The number of rotatable bonds is 6. The van der Waals surface area contributed by atoms with Crippen LogP contribution in [0.15, 0.2) is 5.16 Å². The van der Waals surface area contributed by atoms with Crippen LogP contribution in [0.1, 0.15) is 33.6 Å². The number of oxime groups is 1. The number of nitrogens with zero attached hydrogens (tertiary/aromatic N) is 2. The Morgan fingerprint density at radius 1 is 1.41 bits per heavy atom. The Morgan fingerprint density at radius 3 is 2.35 bits per heavy atom. The first-order valence-corrected chi connectivity index (χ1v) is 7.10. The maximum atomic E-state index is 11.9. The average Bonchev–Trinajstić information content (AvgIpc) is 2.21. The summed E-state index contributed by atoms with van der Waals surface area (Å²) in [5.41, 5.74) is 5.27. The zero-order valence-electron chi connectivity index (χ0n) is 11.0. The SMILES string of the molecule is CN(CCC(N)=NO)S(=O)(=O)CCC(C)(C)C. The van der Waals surface area contributed by atoms with Crippen molar-refractivity contribution in [3.63, 3.8) is 0 Å². The second-order valence-electron chi connectivity index (χ2n) is 5.29. The standard InChI is InChI=1S/C10H23N3O3S/c1-10(2,3)6-8-17(15,16)13(4)7-5-9(11)12-14/h14H,5-8H2,1-4H3,(H2,11,12). The van der Waals surface area contributed by atoms with Crippen LogP contribution in [0.25, 0.3) is 0 Å². The molecule has 0 aliphatic heterocycles. The van der Waals surface area contributed by atoms with E-state index in [4.69, 9.17) is 10.9 Å². The molecule has 0 aromatic carbocycles. The van der Waals surface area contributed by atoms with Gasteiger partial charge in [0.1, 0.15) is 5.84 Å².